The van der Waals surface area contributed by atoms with Crippen LogP contribution < -0.4 is 5.32 Å². The smallest absolute Gasteiger partial charge is 0.365 e. The van der Waals surface area contributed by atoms with Gasteiger partial charge < -0.3 is 5.32 Å². The molecule has 106 valence electrons. The minimum atomic E-state index is -4.45. The van der Waals surface area contributed by atoms with E-state index in [-0.39, 0.29) is 16.8 Å². The zero-order valence-electron chi connectivity index (χ0n) is 10.5. The third-order valence-corrected chi connectivity index (χ3v) is 3.18. The van der Waals surface area contributed by atoms with Crippen LogP contribution in [0.2, 0.25) is 0 Å². The molecule has 0 fully saturated rings. The van der Waals surface area contributed by atoms with E-state index in [1.807, 2.05) is 6.92 Å². The van der Waals surface area contributed by atoms with Crippen molar-refractivity contribution in [3.8, 4) is 0 Å². The van der Waals surface area contributed by atoms with Gasteiger partial charge in [-0.2, -0.15) is 13.2 Å². The zero-order chi connectivity index (χ0) is 14.8. The number of hydrogen-bond donors (Lipinski definition) is 1. The largest absolute Gasteiger partial charge is 0.419 e. The van der Waals surface area contributed by atoms with Crippen LogP contribution in [0.15, 0.2) is 35.2 Å². The van der Waals surface area contributed by atoms with Crippen LogP contribution in [0.25, 0.3) is 0 Å². The maximum Gasteiger partial charge on any atom is 0.419 e. The van der Waals surface area contributed by atoms with Gasteiger partial charge in [0, 0.05) is 29.6 Å². The third kappa shape index (κ3) is 3.47. The van der Waals surface area contributed by atoms with Crippen molar-refractivity contribution in [3.63, 3.8) is 0 Å². The van der Waals surface area contributed by atoms with Crippen LogP contribution in [-0.2, 0) is 12.7 Å². The van der Waals surface area contributed by atoms with Gasteiger partial charge in [-0.3, -0.25) is 4.98 Å². The Morgan fingerprint density at radius 1 is 1.30 bits per heavy atom. The first-order valence-electron chi connectivity index (χ1n) is 5.74. The van der Waals surface area contributed by atoms with E-state index >= 15 is 0 Å². The summed E-state index contributed by atoms with van der Waals surface area (Å²) in [5.74, 6) is -0.183. The Labute approximate surface area is 122 Å². The van der Waals surface area contributed by atoms with E-state index in [9.17, 15) is 13.2 Å². The molecule has 7 heteroatoms. The zero-order valence-corrected chi connectivity index (χ0v) is 12.1. The molecule has 0 spiro atoms. The fourth-order valence-electron chi connectivity index (χ4n) is 1.68. The van der Waals surface area contributed by atoms with Gasteiger partial charge in [-0.15, -0.1) is 0 Å². The van der Waals surface area contributed by atoms with Crippen molar-refractivity contribution in [2.75, 3.05) is 5.32 Å². The molecular weight excluding hydrogens is 335 g/mol. The second kappa shape index (κ2) is 5.78. The molecule has 3 nitrogen and oxygen atoms in total. The summed E-state index contributed by atoms with van der Waals surface area (Å²) in [6, 6.07) is 2.77. The fraction of sp³-hybridized carbons (Fsp3) is 0.231. The molecule has 0 aliphatic heterocycles. The van der Waals surface area contributed by atoms with Crippen LogP contribution in [0, 0.1) is 6.92 Å². The van der Waals surface area contributed by atoms with E-state index in [1.165, 1.54) is 6.20 Å². The molecule has 0 amide bonds. The highest BCUT2D eigenvalue weighted by molar-refractivity contribution is 9.10. The van der Waals surface area contributed by atoms with E-state index in [1.54, 1.807) is 18.5 Å². The van der Waals surface area contributed by atoms with Crippen molar-refractivity contribution < 1.29 is 13.2 Å². The molecule has 0 bridgehead atoms. The Bertz CT molecular complexity index is 614. The summed E-state index contributed by atoms with van der Waals surface area (Å²) in [7, 11) is 0. The van der Waals surface area contributed by atoms with Crippen molar-refractivity contribution in [2.45, 2.75) is 19.6 Å². The molecule has 0 aliphatic rings. The number of halogens is 4. The van der Waals surface area contributed by atoms with E-state index in [4.69, 9.17) is 0 Å². The van der Waals surface area contributed by atoms with Gasteiger partial charge in [0.25, 0.3) is 0 Å². The summed E-state index contributed by atoms with van der Waals surface area (Å²) >= 11 is 3.00. The predicted octanol–water partition coefficient (Wildman–Crippen LogP) is 4.18. The quantitative estimate of drug-likeness (QED) is 0.906. The van der Waals surface area contributed by atoms with Crippen molar-refractivity contribution in [2.24, 2.45) is 0 Å². The van der Waals surface area contributed by atoms with E-state index < -0.39 is 11.7 Å². The second-order valence-corrected chi connectivity index (χ2v) is 5.12. The summed E-state index contributed by atoms with van der Waals surface area (Å²) in [5, 5.41) is 2.72. The lowest BCUT2D eigenvalue weighted by Crippen LogP contribution is -2.12. The van der Waals surface area contributed by atoms with Crippen molar-refractivity contribution >= 4 is 21.7 Å². The number of nitrogens with one attached hydrogen (secondary N) is 1. The molecule has 20 heavy (non-hydrogen) atoms. The Hall–Kier alpha value is -1.63. The lowest BCUT2D eigenvalue weighted by molar-refractivity contribution is -0.137. The lowest BCUT2D eigenvalue weighted by atomic mass is 10.1. The Kier molecular flexibility index (Phi) is 4.27. The molecule has 0 unspecified atom stereocenters. The highest BCUT2D eigenvalue weighted by atomic mass is 79.9. The van der Waals surface area contributed by atoms with Gasteiger partial charge in [0.1, 0.15) is 5.82 Å². The van der Waals surface area contributed by atoms with Crippen LogP contribution in [0.4, 0.5) is 19.0 Å². The van der Waals surface area contributed by atoms with Crippen molar-refractivity contribution in [1.82, 2.24) is 9.97 Å². The van der Waals surface area contributed by atoms with E-state index in [2.05, 4.69) is 31.2 Å². The number of rotatable bonds is 3. The van der Waals surface area contributed by atoms with Gasteiger partial charge in [-0.1, -0.05) is 0 Å². The van der Waals surface area contributed by atoms with Crippen LogP contribution in [0.5, 0.6) is 0 Å². The molecule has 1 N–H and O–H groups in total. The van der Waals surface area contributed by atoms with Crippen molar-refractivity contribution in [3.05, 3.63) is 51.9 Å². The van der Waals surface area contributed by atoms with Gasteiger partial charge in [-0.05, 0) is 46.1 Å². The molecule has 2 aromatic heterocycles. The first-order chi connectivity index (χ1) is 9.38. The number of aryl methyl sites for hydroxylation is 1. The maximum atomic E-state index is 12.9. The number of nitrogens with zero attached hydrogens (tertiary/aromatic N) is 2. The number of pyridine rings is 2. The maximum absolute atomic E-state index is 12.9. The van der Waals surface area contributed by atoms with Gasteiger partial charge in [0.15, 0.2) is 0 Å². The number of alkyl halides is 3. The van der Waals surface area contributed by atoms with Gasteiger partial charge in [-0.25, -0.2) is 4.98 Å². The highest BCUT2D eigenvalue weighted by Gasteiger charge is 2.34. The van der Waals surface area contributed by atoms with Gasteiger partial charge in [0.2, 0.25) is 0 Å². The van der Waals surface area contributed by atoms with E-state index in [0.29, 0.717) is 0 Å². The van der Waals surface area contributed by atoms with Crippen LogP contribution in [0.3, 0.4) is 0 Å². The summed E-state index contributed by atoms with van der Waals surface area (Å²) in [6.07, 6.45) is 0.143. The molecule has 2 aromatic rings. The van der Waals surface area contributed by atoms with Crippen LogP contribution in [0.1, 0.15) is 16.7 Å². The first kappa shape index (κ1) is 14.8. The summed E-state index contributed by atoms with van der Waals surface area (Å²) in [4.78, 5) is 7.73. The minimum Gasteiger partial charge on any atom is -0.365 e. The predicted molar refractivity (Wildman–Crippen MR) is 73.2 cm³/mol. The Morgan fingerprint density at radius 2 is 2.05 bits per heavy atom. The van der Waals surface area contributed by atoms with Gasteiger partial charge >= 0.3 is 6.18 Å². The lowest BCUT2D eigenvalue weighted by Gasteiger charge is -2.14. The molecule has 0 aromatic carbocycles. The monoisotopic (exact) mass is 345 g/mol. The fourth-order valence-corrected chi connectivity index (χ4v) is 2.01. The molecule has 0 radical (unpaired) electrons. The summed E-state index contributed by atoms with van der Waals surface area (Å²) in [5.41, 5.74) is 0.988. The first-order valence-corrected chi connectivity index (χ1v) is 6.53. The topological polar surface area (TPSA) is 37.8 Å². The molecule has 0 aliphatic carbocycles. The average Bonchev–Trinajstić information content (AvgIpc) is 2.38. The number of hydrogen-bond acceptors (Lipinski definition) is 3. The molecule has 0 atom stereocenters. The van der Waals surface area contributed by atoms with Crippen molar-refractivity contribution in [1.29, 1.82) is 0 Å². The molecule has 2 rings (SSSR count). The SMILES string of the molecule is Cc1cnccc1CNc1ncc(Br)cc1C(F)(F)F. The van der Waals surface area contributed by atoms with Crippen LogP contribution in [-0.4, -0.2) is 9.97 Å². The number of aromatic nitrogens is 2. The minimum absolute atomic E-state index is 0.183. The Morgan fingerprint density at radius 3 is 2.70 bits per heavy atom. The standard InChI is InChI=1S/C13H11BrF3N3/c1-8-5-18-3-2-9(8)6-19-12-11(13(15,16)17)4-10(14)7-20-12/h2-5,7H,6H2,1H3,(H,19,20). The van der Waals surface area contributed by atoms with Gasteiger partial charge in [0.05, 0.1) is 5.56 Å². The normalized spacial score (nSPS) is 11.4. The average molecular weight is 346 g/mol. The molecule has 2 heterocycles. The number of anilines is 1. The third-order valence-electron chi connectivity index (χ3n) is 2.74. The van der Waals surface area contributed by atoms with Crippen LogP contribution >= 0.6 is 15.9 Å². The Balaban J connectivity index is 2.24. The molecular formula is C13H11BrF3N3. The van der Waals surface area contributed by atoms with E-state index in [0.717, 1.165) is 17.2 Å². The molecule has 0 saturated carbocycles. The summed E-state index contributed by atoms with van der Waals surface area (Å²) in [6.45, 7) is 2.11. The second-order valence-electron chi connectivity index (χ2n) is 4.20. The summed E-state index contributed by atoms with van der Waals surface area (Å²) < 4.78 is 39.1. The highest BCUT2D eigenvalue weighted by Crippen LogP contribution is 2.35. The molecule has 0 saturated heterocycles.